The molecule has 6 nitrogen and oxygen atoms in total. The highest BCUT2D eigenvalue weighted by molar-refractivity contribution is 6.34. The van der Waals surface area contributed by atoms with E-state index in [1.807, 2.05) is 18.2 Å². The Bertz CT molecular complexity index is 1050. The first-order chi connectivity index (χ1) is 14.1. The largest absolute Gasteiger partial charge is 0.496 e. The van der Waals surface area contributed by atoms with E-state index in [1.54, 1.807) is 61.7 Å². The monoisotopic (exact) mass is 407 g/mol. The maximum Gasteiger partial charge on any atom is 0.271 e. The van der Waals surface area contributed by atoms with Gasteiger partial charge in [0, 0.05) is 16.8 Å². The zero-order chi connectivity index (χ0) is 20.6. The van der Waals surface area contributed by atoms with Gasteiger partial charge in [0.25, 0.3) is 11.8 Å². The van der Waals surface area contributed by atoms with E-state index in [1.165, 1.54) is 6.21 Å². The van der Waals surface area contributed by atoms with Crippen molar-refractivity contribution in [2.24, 2.45) is 5.10 Å². The van der Waals surface area contributed by atoms with Crippen molar-refractivity contribution in [1.29, 1.82) is 0 Å². The summed E-state index contributed by atoms with van der Waals surface area (Å²) >= 11 is 6.03. The minimum atomic E-state index is -0.375. The number of nitrogens with zero attached hydrogens (tertiary/aromatic N) is 1. The number of halogens is 1. The van der Waals surface area contributed by atoms with E-state index in [0.29, 0.717) is 27.6 Å². The van der Waals surface area contributed by atoms with Crippen LogP contribution in [0.1, 0.15) is 26.3 Å². The van der Waals surface area contributed by atoms with Crippen LogP contribution in [-0.2, 0) is 0 Å². The van der Waals surface area contributed by atoms with Gasteiger partial charge in [-0.15, -0.1) is 0 Å². The minimum absolute atomic E-state index is 0.325. The summed E-state index contributed by atoms with van der Waals surface area (Å²) in [4.78, 5) is 24.5. The Hall–Kier alpha value is -3.64. The molecule has 146 valence electrons. The second kappa shape index (κ2) is 9.52. The number of benzene rings is 3. The predicted octanol–water partition coefficient (Wildman–Crippen LogP) is 4.36. The first-order valence-electron chi connectivity index (χ1n) is 8.71. The van der Waals surface area contributed by atoms with Crippen molar-refractivity contribution >= 4 is 35.3 Å². The zero-order valence-corrected chi connectivity index (χ0v) is 16.3. The van der Waals surface area contributed by atoms with Crippen LogP contribution in [0.2, 0.25) is 5.02 Å². The van der Waals surface area contributed by atoms with Crippen molar-refractivity contribution < 1.29 is 14.3 Å². The molecule has 29 heavy (non-hydrogen) atoms. The van der Waals surface area contributed by atoms with Gasteiger partial charge in [0.2, 0.25) is 0 Å². The van der Waals surface area contributed by atoms with Gasteiger partial charge in [-0.25, -0.2) is 5.43 Å². The second-order valence-corrected chi connectivity index (χ2v) is 6.36. The van der Waals surface area contributed by atoms with E-state index in [-0.39, 0.29) is 11.8 Å². The number of anilines is 1. The molecule has 0 radical (unpaired) electrons. The molecule has 0 aliphatic rings. The molecule has 3 aromatic carbocycles. The summed E-state index contributed by atoms with van der Waals surface area (Å²) < 4.78 is 5.22. The lowest BCUT2D eigenvalue weighted by Gasteiger charge is -2.07. The van der Waals surface area contributed by atoms with Gasteiger partial charge in [0.15, 0.2) is 0 Å². The Balaban J connectivity index is 1.61. The van der Waals surface area contributed by atoms with Crippen molar-refractivity contribution in [2.75, 3.05) is 12.4 Å². The molecule has 0 aromatic heterocycles. The number of hydrogen-bond acceptors (Lipinski definition) is 4. The molecule has 0 saturated heterocycles. The molecular formula is C22H18ClN3O3. The van der Waals surface area contributed by atoms with Gasteiger partial charge in [-0.2, -0.15) is 5.10 Å². The molecule has 0 heterocycles. The summed E-state index contributed by atoms with van der Waals surface area (Å²) in [6, 6.07) is 20.6. The molecule has 0 spiro atoms. The molecule has 0 bridgehead atoms. The van der Waals surface area contributed by atoms with Crippen molar-refractivity contribution in [3.63, 3.8) is 0 Å². The van der Waals surface area contributed by atoms with Crippen LogP contribution >= 0.6 is 11.6 Å². The maximum atomic E-state index is 12.3. The predicted molar refractivity (Wildman–Crippen MR) is 114 cm³/mol. The van der Waals surface area contributed by atoms with Crippen LogP contribution < -0.4 is 15.5 Å². The molecule has 0 atom stereocenters. The van der Waals surface area contributed by atoms with Gasteiger partial charge >= 0.3 is 0 Å². The number of carbonyl (C=O) groups is 2. The van der Waals surface area contributed by atoms with Crippen molar-refractivity contribution in [2.45, 2.75) is 0 Å². The van der Waals surface area contributed by atoms with Gasteiger partial charge in [-0.05, 0) is 48.5 Å². The molecule has 0 saturated carbocycles. The van der Waals surface area contributed by atoms with Crippen LogP contribution in [0, 0.1) is 0 Å². The fourth-order valence-electron chi connectivity index (χ4n) is 2.55. The molecule has 0 aliphatic heterocycles. The highest BCUT2D eigenvalue weighted by Crippen LogP contribution is 2.18. The third kappa shape index (κ3) is 5.21. The molecule has 3 rings (SSSR count). The van der Waals surface area contributed by atoms with E-state index in [2.05, 4.69) is 15.8 Å². The Labute approximate surface area is 173 Å². The highest BCUT2D eigenvalue weighted by atomic mass is 35.5. The molecule has 2 amide bonds. The minimum Gasteiger partial charge on any atom is -0.496 e. The molecule has 0 aliphatic carbocycles. The lowest BCUT2D eigenvalue weighted by molar-refractivity contribution is 0.0954. The Morgan fingerprint density at radius 1 is 0.931 bits per heavy atom. The molecule has 0 unspecified atom stereocenters. The van der Waals surface area contributed by atoms with Crippen molar-refractivity contribution in [1.82, 2.24) is 5.43 Å². The molecule has 7 heteroatoms. The van der Waals surface area contributed by atoms with Crippen LogP contribution in [0.15, 0.2) is 77.9 Å². The third-order valence-corrected chi connectivity index (χ3v) is 4.36. The van der Waals surface area contributed by atoms with Gasteiger partial charge in [0.1, 0.15) is 5.75 Å². The van der Waals surface area contributed by atoms with E-state index in [9.17, 15) is 9.59 Å². The molecule has 0 fully saturated rings. The topological polar surface area (TPSA) is 79.8 Å². The fourth-order valence-corrected chi connectivity index (χ4v) is 2.77. The Kier molecular flexibility index (Phi) is 6.60. The first kappa shape index (κ1) is 20.1. The number of hydrogen-bond donors (Lipinski definition) is 2. The summed E-state index contributed by atoms with van der Waals surface area (Å²) in [5.41, 5.74) is 4.53. The zero-order valence-electron chi connectivity index (χ0n) is 15.6. The summed E-state index contributed by atoms with van der Waals surface area (Å²) in [5.74, 6) is -0.0431. The lowest BCUT2D eigenvalue weighted by atomic mass is 10.1. The number of hydrazone groups is 1. The quantitative estimate of drug-likeness (QED) is 0.470. The number of nitrogens with one attached hydrogen (secondary N) is 2. The number of amides is 2. The summed E-state index contributed by atoms with van der Waals surface area (Å²) in [7, 11) is 1.57. The summed E-state index contributed by atoms with van der Waals surface area (Å²) in [6.45, 7) is 0. The maximum absolute atomic E-state index is 12.3. The van der Waals surface area contributed by atoms with E-state index < -0.39 is 0 Å². The normalized spacial score (nSPS) is 10.6. The number of methoxy groups -OCH3 is 1. The van der Waals surface area contributed by atoms with Crippen LogP contribution in [0.3, 0.4) is 0 Å². The van der Waals surface area contributed by atoms with Crippen molar-refractivity contribution in [3.8, 4) is 5.75 Å². The van der Waals surface area contributed by atoms with Crippen LogP contribution in [0.25, 0.3) is 0 Å². The highest BCUT2D eigenvalue weighted by Gasteiger charge is 2.10. The van der Waals surface area contributed by atoms with Crippen LogP contribution in [0.4, 0.5) is 5.69 Å². The lowest BCUT2D eigenvalue weighted by Crippen LogP contribution is -2.18. The van der Waals surface area contributed by atoms with Crippen LogP contribution in [-0.4, -0.2) is 25.1 Å². The number of para-hydroxylation sites is 1. The molecule has 3 aromatic rings. The van der Waals surface area contributed by atoms with E-state index >= 15 is 0 Å². The van der Waals surface area contributed by atoms with Gasteiger partial charge < -0.3 is 10.1 Å². The second-order valence-electron chi connectivity index (χ2n) is 5.95. The Morgan fingerprint density at radius 2 is 1.62 bits per heavy atom. The summed E-state index contributed by atoms with van der Waals surface area (Å²) in [6.07, 6.45) is 1.51. The number of rotatable bonds is 6. The van der Waals surface area contributed by atoms with E-state index in [0.717, 1.165) is 5.56 Å². The van der Waals surface area contributed by atoms with E-state index in [4.69, 9.17) is 16.3 Å². The smallest absolute Gasteiger partial charge is 0.271 e. The average molecular weight is 408 g/mol. The summed E-state index contributed by atoms with van der Waals surface area (Å²) in [5, 5.41) is 7.07. The fraction of sp³-hybridized carbons (Fsp3) is 0.0455. The van der Waals surface area contributed by atoms with Crippen LogP contribution in [0.5, 0.6) is 5.75 Å². The van der Waals surface area contributed by atoms with Gasteiger partial charge in [-0.1, -0.05) is 35.9 Å². The standard InChI is InChI=1S/C22H18ClN3O3/c1-29-20-9-5-2-6-16(20)14-24-26-21(27)15-10-12-17(13-11-15)25-22(28)18-7-3-4-8-19(18)23/h2-14H,1H3,(H,25,28)(H,26,27)/b24-14+. The SMILES string of the molecule is COc1ccccc1/C=N/NC(=O)c1ccc(NC(=O)c2ccccc2Cl)cc1. The number of carbonyl (C=O) groups excluding carboxylic acids is 2. The average Bonchev–Trinajstić information content (AvgIpc) is 2.74. The van der Waals surface area contributed by atoms with Gasteiger partial charge in [-0.3, -0.25) is 9.59 Å². The third-order valence-electron chi connectivity index (χ3n) is 4.03. The van der Waals surface area contributed by atoms with Gasteiger partial charge in [0.05, 0.1) is 23.9 Å². The first-order valence-corrected chi connectivity index (χ1v) is 9.08. The van der Waals surface area contributed by atoms with Crippen molar-refractivity contribution in [3.05, 3.63) is 94.5 Å². The molecule has 2 N–H and O–H groups in total. The molecular weight excluding hydrogens is 390 g/mol. The number of ether oxygens (including phenoxy) is 1. The Morgan fingerprint density at radius 3 is 2.34 bits per heavy atom.